The van der Waals surface area contributed by atoms with Crippen molar-refractivity contribution in [3.05, 3.63) is 30.7 Å². The highest BCUT2D eigenvalue weighted by atomic mass is 16.6. The fraction of sp³-hybridized carbons (Fsp3) is 0.421. The molecule has 158 valence electrons. The molecule has 4 N–H and O–H groups in total. The second-order valence-corrected chi connectivity index (χ2v) is 7.06. The van der Waals surface area contributed by atoms with Crippen molar-refractivity contribution >= 4 is 23.4 Å². The Balaban J connectivity index is 1.77. The van der Waals surface area contributed by atoms with Crippen molar-refractivity contribution in [2.45, 2.75) is 43.6 Å². The van der Waals surface area contributed by atoms with Crippen LogP contribution in [-0.4, -0.2) is 59.8 Å². The number of aliphatic hydroxyl groups excluding tert-OH is 2. The maximum Gasteiger partial charge on any atom is 0.254 e. The Hall–Kier alpha value is -3.15. The number of nitrogen functional groups attached to an aromatic ring is 1. The Kier molecular flexibility index (Phi) is 5.57. The molecule has 4 rings (SSSR count). The van der Waals surface area contributed by atoms with E-state index in [1.54, 1.807) is 29.0 Å². The summed E-state index contributed by atoms with van der Waals surface area (Å²) in [5.74, 6) is 0.422. The topological polar surface area (TPSA) is 158 Å². The van der Waals surface area contributed by atoms with Gasteiger partial charge in [-0.2, -0.15) is 9.97 Å². The Bertz CT molecular complexity index is 1030. The minimum Gasteiger partial charge on any atom is -0.418 e. The number of hydrogen-bond donors (Lipinski definition) is 3. The summed E-state index contributed by atoms with van der Waals surface area (Å²) in [5, 5.41) is 19.9. The highest BCUT2D eigenvalue weighted by Crippen LogP contribution is 2.41. The third-order valence-corrected chi connectivity index (χ3v) is 5.06. The average Bonchev–Trinajstić information content (AvgIpc) is 3.30. The summed E-state index contributed by atoms with van der Waals surface area (Å²) in [6.07, 6.45) is 3.74. The van der Waals surface area contributed by atoms with Crippen molar-refractivity contribution in [2.75, 3.05) is 12.3 Å². The number of unbranched alkanes of at least 4 members (excludes halogenated alkanes) is 1. The SMILES string of the molecule is Nc1nc(Oc2ccccn2)c2ncn([C@@]3(CCCC=O)C[C@H](O)[C@@H](CO)O3)c2n1. The van der Waals surface area contributed by atoms with Crippen LogP contribution in [0.1, 0.15) is 25.7 Å². The standard InChI is InChI=1S/C19H22N6O5/c20-18-23-16-15(17(24-18)29-14-5-1-3-7-21-14)22-11-25(16)19(6-2-4-8-26)9-12(28)13(10-27)30-19/h1,3,5,7-8,11-13,27-28H,2,4,6,9-10H2,(H2,20,23,24)/t12-,13+,19+/m0/s1. The monoisotopic (exact) mass is 414 g/mol. The van der Waals surface area contributed by atoms with Gasteiger partial charge in [-0.3, -0.25) is 4.57 Å². The van der Waals surface area contributed by atoms with Crippen molar-refractivity contribution in [1.82, 2.24) is 24.5 Å². The van der Waals surface area contributed by atoms with E-state index in [-0.39, 0.29) is 24.9 Å². The van der Waals surface area contributed by atoms with Crippen molar-refractivity contribution in [3.8, 4) is 11.8 Å². The van der Waals surface area contributed by atoms with Crippen LogP contribution in [0.15, 0.2) is 30.7 Å². The molecule has 4 heterocycles. The fourth-order valence-corrected chi connectivity index (χ4v) is 3.69. The van der Waals surface area contributed by atoms with Crippen LogP contribution in [-0.2, 0) is 15.3 Å². The van der Waals surface area contributed by atoms with E-state index in [0.717, 1.165) is 6.29 Å². The molecule has 1 aliphatic rings. The molecule has 0 spiro atoms. The third-order valence-electron chi connectivity index (χ3n) is 5.06. The molecule has 0 unspecified atom stereocenters. The molecule has 3 aromatic heterocycles. The molecule has 0 aromatic carbocycles. The number of aliphatic hydroxyl groups is 2. The first kappa shape index (κ1) is 20.1. The van der Waals surface area contributed by atoms with Crippen molar-refractivity contribution < 1.29 is 24.5 Å². The van der Waals surface area contributed by atoms with E-state index >= 15 is 0 Å². The van der Waals surface area contributed by atoms with Gasteiger partial charge in [0.2, 0.25) is 11.8 Å². The lowest BCUT2D eigenvalue weighted by atomic mass is 10.00. The number of carbonyl (C=O) groups excluding carboxylic acids is 1. The zero-order valence-electron chi connectivity index (χ0n) is 16.1. The highest BCUT2D eigenvalue weighted by molar-refractivity contribution is 5.78. The zero-order chi connectivity index (χ0) is 21.1. The predicted molar refractivity (Wildman–Crippen MR) is 105 cm³/mol. The lowest BCUT2D eigenvalue weighted by Gasteiger charge is -2.30. The average molecular weight is 414 g/mol. The number of imidazole rings is 1. The van der Waals surface area contributed by atoms with Crippen molar-refractivity contribution in [1.29, 1.82) is 0 Å². The molecule has 0 amide bonds. The number of anilines is 1. The van der Waals surface area contributed by atoms with Gasteiger partial charge in [0.1, 0.15) is 12.4 Å². The number of nitrogens with zero attached hydrogens (tertiary/aromatic N) is 5. The molecular formula is C19H22N6O5. The van der Waals surface area contributed by atoms with Crippen LogP contribution in [0.4, 0.5) is 5.95 Å². The quantitative estimate of drug-likeness (QED) is 0.355. The second-order valence-electron chi connectivity index (χ2n) is 7.06. The molecule has 0 radical (unpaired) electrons. The number of pyridine rings is 1. The number of aromatic nitrogens is 5. The lowest BCUT2D eigenvalue weighted by molar-refractivity contribution is -0.121. The first-order chi connectivity index (χ1) is 14.6. The fourth-order valence-electron chi connectivity index (χ4n) is 3.69. The van der Waals surface area contributed by atoms with Crippen LogP contribution in [0.3, 0.4) is 0 Å². The lowest BCUT2D eigenvalue weighted by Crippen LogP contribution is -2.34. The normalized spacial score (nSPS) is 23.7. The molecule has 1 fully saturated rings. The van der Waals surface area contributed by atoms with Gasteiger partial charge in [0.05, 0.1) is 19.0 Å². The summed E-state index contributed by atoms with van der Waals surface area (Å²) in [6.45, 7) is -0.339. The highest BCUT2D eigenvalue weighted by Gasteiger charge is 2.47. The van der Waals surface area contributed by atoms with Crippen LogP contribution in [0.25, 0.3) is 11.2 Å². The summed E-state index contributed by atoms with van der Waals surface area (Å²) in [7, 11) is 0. The van der Waals surface area contributed by atoms with Gasteiger partial charge in [0.25, 0.3) is 5.88 Å². The minimum absolute atomic E-state index is 0.0320. The molecule has 0 bridgehead atoms. The third kappa shape index (κ3) is 3.70. The molecule has 0 saturated carbocycles. The van der Waals surface area contributed by atoms with Gasteiger partial charge in [-0.15, -0.1) is 0 Å². The van der Waals surface area contributed by atoms with E-state index in [0.29, 0.717) is 36.3 Å². The van der Waals surface area contributed by atoms with Crippen LogP contribution in [0, 0.1) is 0 Å². The zero-order valence-corrected chi connectivity index (χ0v) is 16.1. The van der Waals surface area contributed by atoms with Crippen LogP contribution >= 0.6 is 0 Å². The minimum atomic E-state index is -1.05. The largest absolute Gasteiger partial charge is 0.418 e. The van der Waals surface area contributed by atoms with E-state index in [4.69, 9.17) is 15.2 Å². The van der Waals surface area contributed by atoms with Crippen LogP contribution in [0.2, 0.25) is 0 Å². The summed E-state index contributed by atoms with van der Waals surface area (Å²) in [6, 6.07) is 5.20. The number of rotatable bonds is 8. The molecule has 30 heavy (non-hydrogen) atoms. The Morgan fingerprint density at radius 2 is 2.23 bits per heavy atom. The van der Waals surface area contributed by atoms with Gasteiger partial charge in [-0.25, -0.2) is 9.97 Å². The van der Waals surface area contributed by atoms with Gasteiger partial charge >= 0.3 is 0 Å². The molecule has 1 aliphatic heterocycles. The summed E-state index contributed by atoms with van der Waals surface area (Å²) >= 11 is 0. The first-order valence-corrected chi connectivity index (χ1v) is 9.56. The molecule has 3 atom stereocenters. The molecule has 1 saturated heterocycles. The predicted octanol–water partition coefficient (Wildman–Crippen LogP) is 0.760. The smallest absolute Gasteiger partial charge is 0.254 e. The first-order valence-electron chi connectivity index (χ1n) is 9.56. The Labute approximate surface area is 171 Å². The molecule has 11 heteroatoms. The maximum absolute atomic E-state index is 10.8. The summed E-state index contributed by atoms with van der Waals surface area (Å²) < 4.78 is 13.5. The number of aldehydes is 1. The van der Waals surface area contributed by atoms with Crippen LogP contribution in [0.5, 0.6) is 11.8 Å². The Morgan fingerprint density at radius 3 is 2.93 bits per heavy atom. The van der Waals surface area contributed by atoms with Gasteiger partial charge in [-0.1, -0.05) is 6.07 Å². The maximum atomic E-state index is 10.8. The molecule has 0 aliphatic carbocycles. The summed E-state index contributed by atoms with van der Waals surface area (Å²) in [4.78, 5) is 27.8. The van der Waals surface area contributed by atoms with E-state index in [1.807, 2.05) is 0 Å². The van der Waals surface area contributed by atoms with Crippen molar-refractivity contribution in [3.63, 3.8) is 0 Å². The number of fused-ring (bicyclic) bond motifs is 1. The van der Waals surface area contributed by atoms with Gasteiger partial charge in [0.15, 0.2) is 16.9 Å². The summed E-state index contributed by atoms with van der Waals surface area (Å²) in [5.41, 5.74) is 5.56. The van der Waals surface area contributed by atoms with Crippen molar-refractivity contribution in [2.24, 2.45) is 0 Å². The van der Waals surface area contributed by atoms with E-state index in [2.05, 4.69) is 19.9 Å². The van der Waals surface area contributed by atoms with E-state index < -0.39 is 17.9 Å². The molecule has 3 aromatic rings. The van der Waals surface area contributed by atoms with E-state index in [1.165, 1.54) is 6.33 Å². The number of nitrogens with two attached hydrogens (primary N) is 1. The number of hydrogen-bond acceptors (Lipinski definition) is 10. The number of ether oxygens (including phenoxy) is 2. The Morgan fingerprint density at radius 1 is 1.37 bits per heavy atom. The van der Waals surface area contributed by atoms with Gasteiger partial charge in [-0.05, 0) is 18.9 Å². The van der Waals surface area contributed by atoms with E-state index in [9.17, 15) is 15.0 Å². The molecule has 11 nitrogen and oxygen atoms in total. The molecular weight excluding hydrogens is 392 g/mol. The van der Waals surface area contributed by atoms with Crippen LogP contribution < -0.4 is 10.5 Å². The second kappa shape index (κ2) is 8.30. The van der Waals surface area contributed by atoms with Gasteiger partial charge < -0.3 is 30.2 Å². The van der Waals surface area contributed by atoms with Gasteiger partial charge in [0, 0.05) is 25.1 Å². The number of carbonyl (C=O) groups is 1.